The standard InChI is InChI=1S/C21H26N6O3/c1-29-16-10-8-13(12-17(16)30-2)9-11-18-22-21(27-25-18)23-20(28)19-14-6-4-3-5-7-15(14)24-26-19/h8,10,12H,3-7,9,11H2,1-2H3,(H,24,26)(H2,22,23,25,27,28). The van der Waals surface area contributed by atoms with Crippen LogP contribution < -0.4 is 14.8 Å². The number of nitrogens with one attached hydrogen (secondary N) is 3. The molecule has 0 saturated carbocycles. The van der Waals surface area contributed by atoms with Gasteiger partial charge in [-0.1, -0.05) is 12.5 Å². The topological polar surface area (TPSA) is 118 Å². The molecule has 0 aliphatic heterocycles. The summed E-state index contributed by atoms with van der Waals surface area (Å²) in [5.41, 5.74) is 3.63. The third-order valence-electron chi connectivity index (χ3n) is 5.38. The molecule has 0 saturated heterocycles. The van der Waals surface area contributed by atoms with Gasteiger partial charge in [-0.2, -0.15) is 10.1 Å². The molecular formula is C21H26N6O3. The molecule has 1 amide bonds. The molecule has 158 valence electrons. The van der Waals surface area contributed by atoms with Gasteiger partial charge in [-0.15, -0.1) is 5.10 Å². The monoisotopic (exact) mass is 410 g/mol. The summed E-state index contributed by atoms with van der Waals surface area (Å²) in [6.45, 7) is 0. The van der Waals surface area contributed by atoms with Gasteiger partial charge in [0.25, 0.3) is 5.91 Å². The largest absolute Gasteiger partial charge is 0.493 e. The van der Waals surface area contributed by atoms with Crippen LogP contribution in [0.2, 0.25) is 0 Å². The second-order valence-corrected chi connectivity index (χ2v) is 7.34. The molecule has 2 aromatic heterocycles. The summed E-state index contributed by atoms with van der Waals surface area (Å²) in [6.07, 6.45) is 6.59. The number of fused-ring (bicyclic) bond motifs is 1. The molecule has 0 unspecified atom stereocenters. The number of methoxy groups -OCH3 is 2. The zero-order chi connectivity index (χ0) is 20.9. The van der Waals surface area contributed by atoms with Gasteiger partial charge in [0, 0.05) is 17.7 Å². The summed E-state index contributed by atoms with van der Waals surface area (Å²) < 4.78 is 10.6. The van der Waals surface area contributed by atoms with Crippen LogP contribution in [0.1, 0.15) is 52.4 Å². The van der Waals surface area contributed by atoms with Crippen LogP contribution in [0, 0.1) is 0 Å². The Morgan fingerprint density at radius 3 is 2.70 bits per heavy atom. The number of aromatic nitrogens is 5. The first-order valence-electron chi connectivity index (χ1n) is 10.2. The number of amides is 1. The van der Waals surface area contributed by atoms with E-state index in [1.54, 1.807) is 14.2 Å². The van der Waals surface area contributed by atoms with E-state index in [4.69, 9.17) is 9.47 Å². The first-order chi connectivity index (χ1) is 14.7. The van der Waals surface area contributed by atoms with Crippen molar-refractivity contribution < 1.29 is 14.3 Å². The molecule has 3 aromatic rings. The highest BCUT2D eigenvalue weighted by molar-refractivity contribution is 6.03. The minimum atomic E-state index is -0.278. The number of benzene rings is 1. The third-order valence-corrected chi connectivity index (χ3v) is 5.38. The summed E-state index contributed by atoms with van der Waals surface area (Å²) in [4.78, 5) is 17.1. The van der Waals surface area contributed by atoms with Gasteiger partial charge in [-0.3, -0.25) is 20.3 Å². The highest BCUT2D eigenvalue weighted by atomic mass is 16.5. The fourth-order valence-corrected chi connectivity index (χ4v) is 3.77. The van der Waals surface area contributed by atoms with Crippen molar-refractivity contribution in [2.24, 2.45) is 0 Å². The molecule has 9 heteroatoms. The predicted octanol–water partition coefficient (Wildman–Crippen LogP) is 2.85. The lowest BCUT2D eigenvalue weighted by Gasteiger charge is -2.09. The van der Waals surface area contributed by atoms with Crippen LogP contribution in [-0.2, 0) is 25.7 Å². The normalized spacial score (nSPS) is 13.4. The molecule has 9 nitrogen and oxygen atoms in total. The second kappa shape index (κ2) is 8.98. The molecule has 3 N–H and O–H groups in total. The van der Waals surface area contributed by atoms with Crippen molar-refractivity contribution in [3.05, 3.63) is 46.5 Å². The molecular weight excluding hydrogens is 384 g/mol. The average molecular weight is 410 g/mol. The number of rotatable bonds is 7. The third kappa shape index (κ3) is 4.29. The number of nitrogens with zero attached hydrogens (tertiary/aromatic N) is 3. The number of H-pyrrole nitrogens is 2. The summed E-state index contributed by atoms with van der Waals surface area (Å²) in [6, 6.07) is 5.82. The number of hydrogen-bond donors (Lipinski definition) is 3. The maximum atomic E-state index is 12.7. The number of carbonyl (C=O) groups excluding carboxylic acids is 1. The fourth-order valence-electron chi connectivity index (χ4n) is 3.77. The minimum absolute atomic E-state index is 0.257. The maximum Gasteiger partial charge on any atom is 0.278 e. The quantitative estimate of drug-likeness (QED) is 0.516. The number of ether oxygens (including phenoxy) is 2. The van der Waals surface area contributed by atoms with E-state index in [1.807, 2.05) is 18.2 Å². The Morgan fingerprint density at radius 2 is 1.87 bits per heavy atom. The van der Waals surface area contributed by atoms with Crippen LogP contribution >= 0.6 is 0 Å². The van der Waals surface area contributed by atoms with Crippen molar-refractivity contribution in [1.82, 2.24) is 25.4 Å². The molecule has 0 spiro atoms. The zero-order valence-corrected chi connectivity index (χ0v) is 17.2. The highest BCUT2D eigenvalue weighted by Gasteiger charge is 2.21. The van der Waals surface area contributed by atoms with Crippen molar-refractivity contribution in [3.63, 3.8) is 0 Å². The lowest BCUT2D eigenvalue weighted by molar-refractivity contribution is 0.102. The van der Waals surface area contributed by atoms with Crippen LogP contribution in [0.15, 0.2) is 18.2 Å². The first kappa shape index (κ1) is 19.9. The number of aryl methyl sites for hydroxylation is 3. The fraction of sp³-hybridized carbons (Fsp3) is 0.429. The van der Waals surface area contributed by atoms with Gasteiger partial charge in [0.15, 0.2) is 17.2 Å². The molecule has 0 radical (unpaired) electrons. The minimum Gasteiger partial charge on any atom is -0.493 e. The van der Waals surface area contributed by atoms with E-state index in [0.29, 0.717) is 29.4 Å². The van der Waals surface area contributed by atoms with E-state index in [2.05, 4.69) is 30.7 Å². The average Bonchev–Trinajstić information content (AvgIpc) is 3.32. The van der Waals surface area contributed by atoms with E-state index in [9.17, 15) is 4.79 Å². The van der Waals surface area contributed by atoms with Crippen molar-refractivity contribution >= 4 is 11.9 Å². The van der Waals surface area contributed by atoms with E-state index in [-0.39, 0.29) is 11.9 Å². The Labute approximate surface area is 174 Å². The summed E-state index contributed by atoms with van der Waals surface area (Å²) in [7, 11) is 3.23. The van der Waals surface area contributed by atoms with E-state index >= 15 is 0 Å². The molecule has 1 aliphatic rings. The maximum absolute atomic E-state index is 12.7. The van der Waals surface area contributed by atoms with Crippen LogP contribution in [0.3, 0.4) is 0 Å². The second-order valence-electron chi connectivity index (χ2n) is 7.34. The van der Waals surface area contributed by atoms with Gasteiger partial charge in [-0.05, 0) is 49.8 Å². The van der Waals surface area contributed by atoms with Gasteiger partial charge in [-0.25, -0.2) is 0 Å². The summed E-state index contributed by atoms with van der Waals surface area (Å²) in [5.74, 6) is 2.06. The van der Waals surface area contributed by atoms with Gasteiger partial charge >= 0.3 is 0 Å². The van der Waals surface area contributed by atoms with E-state index in [1.165, 1.54) is 6.42 Å². The number of aromatic amines is 2. The Kier molecular flexibility index (Phi) is 5.97. The van der Waals surface area contributed by atoms with Crippen LogP contribution in [-0.4, -0.2) is 45.5 Å². The molecule has 0 fully saturated rings. The zero-order valence-electron chi connectivity index (χ0n) is 17.2. The van der Waals surface area contributed by atoms with Crippen LogP contribution in [0.25, 0.3) is 0 Å². The van der Waals surface area contributed by atoms with Gasteiger partial charge < -0.3 is 9.47 Å². The van der Waals surface area contributed by atoms with Crippen LogP contribution in [0.4, 0.5) is 5.95 Å². The van der Waals surface area contributed by atoms with Crippen molar-refractivity contribution in [3.8, 4) is 11.5 Å². The Bertz CT molecular complexity index is 1030. The SMILES string of the molecule is COc1ccc(CCc2nc(NC(=O)c3n[nH]c4c3CCCCC4)n[nH]2)cc1OC. The van der Waals surface area contributed by atoms with Gasteiger partial charge in [0.2, 0.25) is 5.95 Å². The Morgan fingerprint density at radius 1 is 1.03 bits per heavy atom. The van der Waals surface area contributed by atoms with Crippen molar-refractivity contribution in [2.45, 2.75) is 44.9 Å². The highest BCUT2D eigenvalue weighted by Crippen LogP contribution is 2.28. The van der Waals surface area contributed by atoms with Crippen LogP contribution in [0.5, 0.6) is 11.5 Å². The molecule has 0 bridgehead atoms. The molecule has 2 heterocycles. The Hall–Kier alpha value is -3.36. The number of anilines is 1. The lowest BCUT2D eigenvalue weighted by Crippen LogP contribution is -2.15. The van der Waals surface area contributed by atoms with Gasteiger partial charge in [0.05, 0.1) is 14.2 Å². The van der Waals surface area contributed by atoms with Crippen molar-refractivity contribution in [2.75, 3.05) is 19.5 Å². The first-order valence-corrected chi connectivity index (χ1v) is 10.2. The molecule has 1 aliphatic carbocycles. The molecule has 0 atom stereocenters. The summed E-state index contributed by atoms with van der Waals surface area (Å²) in [5, 5.41) is 17.0. The molecule has 1 aromatic carbocycles. The van der Waals surface area contributed by atoms with E-state index < -0.39 is 0 Å². The summed E-state index contributed by atoms with van der Waals surface area (Å²) >= 11 is 0. The number of hydrogen-bond acceptors (Lipinski definition) is 6. The Balaban J connectivity index is 1.38. The smallest absolute Gasteiger partial charge is 0.278 e. The molecule has 30 heavy (non-hydrogen) atoms. The number of carbonyl (C=O) groups is 1. The van der Waals surface area contributed by atoms with E-state index in [0.717, 1.165) is 48.9 Å². The lowest BCUT2D eigenvalue weighted by atomic mass is 10.1. The van der Waals surface area contributed by atoms with Gasteiger partial charge in [0.1, 0.15) is 5.82 Å². The van der Waals surface area contributed by atoms with Crippen molar-refractivity contribution in [1.29, 1.82) is 0 Å². The predicted molar refractivity (Wildman–Crippen MR) is 111 cm³/mol. The molecule has 4 rings (SSSR count).